The van der Waals surface area contributed by atoms with E-state index in [9.17, 15) is 14.7 Å². The van der Waals surface area contributed by atoms with E-state index in [0.717, 1.165) is 6.42 Å². The Labute approximate surface area is 221 Å². The first-order chi connectivity index (χ1) is 17.0. The van der Waals surface area contributed by atoms with E-state index in [1.54, 1.807) is 24.6 Å². The first kappa shape index (κ1) is 31.3. The molecule has 1 rings (SSSR count). The largest absolute Gasteiger partial charge is 0.481 e. The maximum Gasteiger partial charge on any atom is 0.309 e. The van der Waals surface area contributed by atoms with E-state index in [0.29, 0.717) is 35.7 Å². The van der Waals surface area contributed by atoms with Gasteiger partial charge in [-0.05, 0) is 71.1 Å². The van der Waals surface area contributed by atoms with Gasteiger partial charge in [0.15, 0.2) is 0 Å². The van der Waals surface area contributed by atoms with Gasteiger partial charge in [-0.25, -0.2) is 0 Å². The third-order valence-electron chi connectivity index (χ3n) is 5.56. The van der Waals surface area contributed by atoms with E-state index in [-0.39, 0.29) is 30.1 Å². The molecule has 36 heavy (non-hydrogen) atoms. The predicted octanol–water partition coefficient (Wildman–Crippen LogP) is 7.43. The molecule has 0 heterocycles. The molecule has 0 fully saturated rings. The van der Waals surface area contributed by atoms with Crippen molar-refractivity contribution in [3.8, 4) is 0 Å². The van der Waals surface area contributed by atoms with E-state index in [2.05, 4.69) is 16.9 Å². The van der Waals surface area contributed by atoms with E-state index in [1.807, 2.05) is 65.0 Å². The quantitative estimate of drug-likeness (QED) is 0.156. The van der Waals surface area contributed by atoms with Crippen LogP contribution in [0.2, 0.25) is 0 Å². The summed E-state index contributed by atoms with van der Waals surface area (Å²) in [5.74, 6) is -1.05. The Morgan fingerprint density at radius 1 is 1.17 bits per heavy atom. The van der Waals surface area contributed by atoms with Crippen LogP contribution in [-0.4, -0.2) is 35.1 Å². The summed E-state index contributed by atoms with van der Waals surface area (Å²) in [4.78, 5) is 33.0. The Hall–Kier alpha value is -2.73. The lowest BCUT2D eigenvalue weighted by molar-refractivity contribution is -0.160. The Morgan fingerprint density at radius 3 is 2.47 bits per heavy atom. The van der Waals surface area contributed by atoms with Gasteiger partial charge in [-0.1, -0.05) is 56.2 Å². The van der Waals surface area contributed by atoms with Crippen molar-refractivity contribution in [2.45, 2.75) is 79.2 Å². The number of allylic oxidation sites excluding steroid dienone is 7. The first-order valence-electron chi connectivity index (χ1n) is 12.6. The van der Waals surface area contributed by atoms with Crippen LogP contribution in [0, 0.1) is 17.8 Å². The smallest absolute Gasteiger partial charge is 0.309 e. The number of aliphatic carboxylic acids is 1. The SMILES string of the molecule is C/C=C(N=CC1C=CC=C(Cl)C=C1)\C(=C/CC(=O)O)N=CCC(CC)CC(CC)C(=O)OC(C)(C)C. The highest BCUT2D eigenvalue weighted by atomic mass is 35.5. The van der Waals surface area contributed by atoms with Gasteiger partial charge in [0.25, 0.3) is 0 Å². The lowest BCUT2D eigenvalue weighted by atomic mass is 9.89. The zero-order chi connectivity index (χ0) is 27.1. The van der Waals surface area contributed by atoms with Crippen LogP contribution in [-0.2, 0) is 14.3 Å². The molecule has 0 aromatic carbocycles. The number of halogens is 1. The Balaban J connectivity index is 2.97. The zero-order valence-corrected chi connectivity index (χ0v) is 23.2. The fourth-order valence-electron chi connectivity index (χ4n) is 3.51. The number of esters is 1. The van der Waals surface area contributed by atoms with Crippen LogP contribution in [0.4, 0.5) is 0 Å². The van der Waals surface area contributed by atoms with Crippen molar-refractivity contribution < 1.29 is 19.4 Å². The molecule has 0 spiro atoms. The minimum Gasteiger partial charge on any atom is -0.481 e. The minimum atomic E-state index is -0.938. The summed E-state index contributed by atoms with van der Waals surface area (Å²) in [6.45, 7) is 11.6. The van der Waals surface area contributed by atoms with E-state index in [4.69, 9.17) is 16.3 Å². The standard InChI is InChI=1S/C29H41ClN2O4/c1-7-21(19-23(8-2)28(35)36-29(4,5)6)17-18-31-26(15-16-27(33)34)25(9-3)32-20-22-11-10-12-24(30)14-13-22/h9-15,18,20-23H,7-8,16-17,19H2,1-6H3,(H,33,34)/b25-9+,26-15+,31-18?,32-20?. The first-order valence-corrected chi connectivity index (χ1v) is 13.0. The molecule has 0 amide bonds. The summed E-state index contributed by atoms with van der Waals surface area (Å²) in [6, 6.07) is 0. The lowest BCUT2D eigenvalue weighted by Crippen LogP contribution is -2.29. The normalized spacial score (nSPS) is 18.9. The molecule has 0 radical (unpaired) electrons. The number of carboxylic acid groups (broad SMARTS) is 1. The van der Waals surface area contributed by atoms with Gasteiger partial charge in [-0.3, -0.25) is 19.6 Å². The maximum absolute atomic E-state index is 12.6. The van der Waals surface area contributed by atoms with Crippen LogP contribution in [0.3, 0.4) is 0 Å². The average Bonchev–Trinajstić information content (AvgIpc) is 3.01. The number of aliphatic imine (C=N–C) groups is 2. The third kappa shape index (κ3) is 12.8. The van der Waals surface area contributed by atoms with Gasteiger partial charge in [-0.15, -0.1) is 0 Å². The number of hydrogen-bond donors (Lipinski definition) is 1. The zero-order valence-electron chi connectivity index (χ0n) is 22.4. The van der Waals surface area contributed by atoms with Crippen molar-refractivity contribution in [1.29, 1.82) is 0 Å². The van der Waals surface area contributed by atoms with Crippen molar-refractivity contribution in [2.75, 3.05) is 0 Å². The number of carbonyl (C=O) groups excluding carboxylic acids is 1. The molecule has 6 nitrogen and oxygen atoms in total. The molecule has 3 unspecified atom stereocenters. The van der Waals surface area contributed by atoms with Crippen LogP contribution < -0.4 is 0 Å². The maximum atomic E-state index is 12.6. The van der Waals surface area contributed by atoms with Crippen LogP contribution in [0.1, 0.15) is 73.6 Å². The minimum absolute atomic E-state index is 0.0412. The molecule has 1 aliphatic rings. The second-order valence-electron chi connectivity index (χ2n) is 9.71. The van der Waals surface area contributed by atoms with E-state index < -0.39 is 11.6 Å². The molecular formula is C29H41ClN2O4. The van der Waals surface area contributed by atoms with E-state index >= 15 is 0 Å². The predicted molar refractivity (Wildman–Crippen MR) is 149 cm³/mol. The summed E-state index contributed by atoms with van der Waals surface area (Å²) in [6.07, 6.45) is 19.2. The van der Waals surface area contributed by atoms with Gasteiger partial charge in [0.2, 0.25) is 0 Å². The third-order valence-corrected chi connectivity index (χ3v) is 5.81. The monoisotopic (exact) mass is 516 g/mol. The highest BCUT2D eigenvalue weighted by Crippen LogP contribution is 2.25. The van der Waals surface area contributed by atoms with Crippen molar-refractivity contribution in [1.82, 2.24) is 0 Å². The molecule has 1 aliphatic carbocycles. The highest BCUT2D eigenvalue weighted by Gasteiger charge is 2.25. The highest BCUT2D eigenvalue weighted by molar-refractivity contribution is 6.31. The Morgan fingerprint density at radius 2 is 1.89 bits per heavy atom. The number of carboxylic acids is 1. The molecule has 0 saturated carbocycles. The van der Waals surface area contributed by atoms with Crippen molar-refractivity contribution in [3.05, 3.63) is 59.0 Å². The van der Waals surface area contributed by atoms with Gasteiger partial charge >= 0.3 is 11.9 Å². The number of nitrogens with zero attached hydrogens (tertiary/aromatic N) is 2. The number of carbonyl (C=O) groups is 2. The molecular weight excluding hydrogens is 476 g/mol. The van der Waals surface area contributed by atoms with Crippen molar-refractivity contribution in [3.63, 3.8) is 0 Å². The van der Waals surface area contributed by atoms with Crippen LogP contribution >= 0.6 is 11.6 Å². The molecule has 1 N–H and O–H groups in total. The van der Waals surface area contributed by atoms with Crippen molar-refractivity contribution in [2.24, 2.45) is 27.7 Å². The van der Waals surface area contributed by atoms with Crippen LogP contribution in [0.5, 0.6) is 0 Å². The fraction of sp³-hybridized carbons (Fsp3) is 0.517. The van der Waals surface area contributed by atoms with Gasteiger partial charge in [-0.2, -0.15) is 0 Å². The second kappa shape index (κ2) is 16.1. The van der Waals surface area contributed by atoms with Crippen molar-refractivity contribution >= 4 is 36.0 Å². The molecule has 7 heteroatoms. The summed E-state index contributed by atoms with van der Waals surface area (Å²) in [7, 11) is 0. The van der Waals surface area contributed by atoms with E-state index in [1.165, 1.54) is 0 Å². The molecule has 0 bridgehead atoms. The number of hydrogen-bond acceptors (Lipinski definition) is 5. The molecule has 0 aromatic heterocycles. The molecule has 0 aromatic rings. The molecule has 0 saturated heterocycles. The second-order valence-corrected chi connectivity index (χ2v) is 10.1. The average molecular weight is 517 g/mol. The van der Waals surface area contributed by atoms with Crippen LogP contribution in [0.15, 0.2) is 68.9 Å². The summed E-state index contributed by atoms with van der Waals surface area (Å²) < 4.78 is 5.59. The Kier molecular flexibility index (Phi) is 14.0. The van der Waals surface area contributed by atoms with Gasteiger partial charge in [0.1, 0.15) is 5.60 Å². The molecule has 198 valence electrons. The van der Waals surface area contributed by atoms with Gasteiger partial charge < -0.3 is 9.84 Å². The fourth-order valence-corrected chi connectivity index (χ4v) is 3.65. The lowest BCUT2D eigenvalue weighted by Gasteiger charge is -2.25. The Bertz CT molecular complexity index is 949. The summed E-state index contributed by atoms with van der Waals surface area (Å²) in [5.41, 5.74) is 0.584. The molecule has 0 aliphatic heterocycles. The molecule has 3 atom stereocenters. The topological polar surface area (TPSA) is 88.3 Å². The van der Waals surface area contributed by atoms with Crippen LogP contribution in [0.25, 0.3) is 0 Å². The van der Waals surface area contributed by atoms with Gasteiger partial charge in [0.05, 0.1) is 23.7 Å². The van der Waals surface area contributed by atoms with Gasteiger partial charge in [0, 0.05) is 23.4 Å². The summed E-state index contributed by atoms with van der Waals surface area (Å²) in [5, 5.41) is 9.82. The number of rotatable bonds is 13. The number of ether oxygens (including phenoxy) is 1. The summed E-state index contributed by atoms with van der Waals surface area (Å²) >= 11 is 6.04.